The molecule has 0 aliphatic rings. The van der Waals surface area contributed by atoms with Gasteiger partial charge in [-0.2, -0.15) is 0 Å². The van der Waals surface area contributed by atoms with Crippen molar-refractivity contribution in [3.05, 3.63) is 60.2 Å². The number of ether oxygens (including phenoxy) is 1. The smallest absolute Gasteiger partial charge is 0.328 e. The number of carbonyl (C=O) groups is 2. The van der Waals surface area contributed by atoms with Gasteiger partial charge in [0.15, 0.2) is 0 Å². The molecular weight excluding hydrogens is 324 g/mol. The molecule has 0 fully saturated rings. The lowest BCUT2D eigenvalue weighted by Crippen LogP contribution is -1.99. The Morgan fingerprint density at radius 3 is 2.32 bits per heavy atom. The van der Waals surface area contributed by atoms with Gasteiger partial charge in [-0.3, -0.25) is 0 Å². The van der Waals surface area contributed by atoms with E-state index in [1.807, 2.05) is 30.5 Å². The van der Waals surface area contributed by atoms with Crippen molar-refractivity contribution in [1.82, 2.24) is 9.97 Å². The first kappa shape index (κ1) is 19.5. The number of aryl methyl sites for hydroxylation is 1. The molecule has 2 rings (SSSR count). The fourth-order valence-corrected chi connectivity index (χ4v) is 1.66. The Balaban J connectivity index is 0.000000333. The van der Waals surface area contributed by atoms with Crippen molar-refractivity contribution in [2.75, 3.05) is 6.61 Å². The summed E-state index contributed by atoms with van der Waals surface area (Å²) >= 11 is 0. The molecule has 1 aromatic carbocycles. The molecule has 0 atom stereocenters. The molecule has 2 aromatic rings. The van der Waals surface area contributed by atoms with Crippen molar-refractivity contribution in [3.8, 4) is 18.1 Å². The number of aliphatic carboxylic acids is 2. The summed E-state index contributed by atoms with van der Waals surface area (Å²) in [4.78, 5) is 26.2. The number of benzene rings is 1. The van der Waals surface area contributed by atoms with Gasteiger partial charge in [-0.05, 0) is 37.1 Å². The summed E-state index contributed by atoms with van der Waals surface area (Å²) in [5.74, 6) is 0.911. The number of rotatable bonds is 7. The van der Waals surface area contributed by atoms with Crippen LogP contribution in [0.15, 0.2) is 48.9 Å². The monoisotopic (exact) mass is 342 g/mol. The highest BCUT2D eigenvalue weighted by molar-refractivity contribution is 5.89. The Kier molecular flexibility index (Phi) is 8.65. The van der Waals surface area contributed by atoms with E-state index >= 15 is 0 Å². The normalized spacial score (nSPS) is 9.72. The van der Waals surface area contributed by atoms with Crippen molar-refractivity contribution >= 4 is 11.9 Å². The second-order valence-electron chi connectivity index (χ2n) is 4.69. The van der Waals surface area contributed by atoms with Crippen LogP contribution < -0.4 is 4.74 Å². The average molecular weight is 342 g/mol. The van der Waals surface area contributed by atoms with Crippen LogP contribution in [-0.4, -0.2) is 38.7 Å². The summed E-state index contributed by atoms with van der Waals surface area (Å²) in [5, 5.41) is 15.6. The van der Waals surface area contributed by atoms with Gasteiger partial charge < -0.3 is 19.9 Å². The molecule has 25 heavy (non-hydrogen) atoms. The summed E-state index contributed by atoms with van der Waals surface area (Å²) in [6.45, 7) is 0.683. The molecule has 7 heteroatoms. The van der Waals surface area contributed by atoms with Crippen LogP contribution in [0, 0.1) is 12.3 Å². The van der Waals surface area contributed by atoms with Gasteiger partial charge in [0.25, 0.3) is 0 Å². The number of terminal acetylenes is 1. The van der Waals surface area contributed by atoms with Crippen LogP contribution in [0.1, 0.15) is 17.7 Å². The second kappa shape index (κ2) is 11.1. The van der Waals surface area contributed by atoms with E-state index in [0.29, 0.717) is 18.8 Å². The van der Waals surface area contributed by atoms with Crippen LogP contribution in [0.4, 0.5) is 0 Å². The Bertz CT molecular complexity index is 712. The minimum atomic E-state index is -1.26. The van der Waals surface area contributed by atoms with Gasteiger partial charge in [-0.15, -0.1) is 6.42 Å². The highest BCUT2D eigenvalue weighted by atomic mass is 16.5. The highest BCUT2D eigenvalue weighted by Gasteiger charge is 1.96. The molecule has 0 bridgehead atoms. The van der Waals surface area contributed by atoms with Gasteiger partial charge in [0, 0.05) is 23.9 Å². The zero-order valence-corrected chi connectivity index (χ0v) is 13.4. The first-order valence-electron chi connectivity index (χ1n) is 7.32. The minimum absolute atomic E-state index is 0.558. The molecular formula is C18H18N2O5. The number of H-pyrrole nitrogens is 1. The Morgan fingerprint density at radius 1 is 1.20 bits per heavy atom. The maximum Gasteiger partial charge on any atom is 0.328 e. The van der Waals surface area contributed by atoms with Gasteiger partial charge in [0.2, 0.25) is 0 Å². The first-order chi connectivity index (χ1) is 12.0. The molecule has 0 unspecified atom stereocenters. The predicted molar refractivity (Wildman–Crippen MR) is 91.2 cm³/mol. The lowest BCUT2D eigenvalue weighted by Gasteiger charge is -2.05. The third-order valence-corrected chi connectivity index (χ3v) is 2.79. The molecule has 1 heterocycles. The second-order valence-corrected chi connectivity index (χ2v) is 4.69. The van der Waals surface area contributed by atoms with Crippen LogP contribution in [0.5, 0.6) is 5.75 Å². The summed E-state index contributed by atoms with van der Waals surface area (Å²) in [5.41, 5.74) is 1.94. The van der Waals surface area contributed by atoms with Gasteiger partial charge >= 0.3 is 11.9 Å². The van der Waals surface area contributed by atoms with E-state index in [1.165, 1.54) is 0 Å². The van der Waals surface area contributed by atoms with Crippen LogP contribution in [0.25, 0.3) is 0 Å². The third kappa shape index (κ3) is 9.25. The number of hydrogen-bond acceptors (Lipinski definition) is 4. The molecule has 130 valence electrons. The van der Waals surface area contributed by atoms with E-state index in [2.05, 4.69) is 15.9 Å². The Labute approximate surface area is 145 Å². The number of aromatic nitrogens is 2. The number of hydrogen-bond donors (Lipinski definition) is 3. The fraction of sp³-hybridized carbons (Fsp3) is 0.167. The van der Waals surface area contributed by atoms with E-state index in [9.17, 15) is 9.59 Å². The number of nitrogens with one attached hydrogen (secondary N) is 1. The third-order valence-electron chi connectivity index (χ3n) is 2.79. The van der Waals surface area contributed by atoms with E-state index in [0.717, 1.165) is 29.8 Å². The number of aromatic amines is 1. The van der Waals surface area contributed by atoms with E-state index in [4.69, 9.17) is 21.4 Å². The number of nitrogens with zero attached hydrogens (tertiary/aromatic N) is 1. The first-order valence-corrected chi connectivity index (χ1v) is 7.32. The van der Waals surface area contributed by atoms with Crippen LogP contribution in [-0.2, 0) is 16.0 Å². The maximum atomic E-state index is 9.55. The summed E-state index contributed by atoms with van der Waals surface area (Å²) in [6, 6.07) is 7.54. The Hall–Kier alpha value is -3.53. The summed E-state index contributed by atoms with van der Waals surface area (Å²) in [6.07, 6.45) is 11.9. The zero-order chi connectivity index (χ0) is 18.5. The van der Waals surface area contributed by atoms with Crippen molar-refractivity contribution in [3.63, 3.8) is 0 Å². The fourth-order valence-electron chi connectivity index (χ4n) is 1.66. The van der Waals surface area contributed by atoms with Crippen molar-refractivity contribution in [1.29, 1.82) is 0 Å². The summed E-state index contributed by atoms with van der Waals surface area (Å²) < 4.78 is 5.60. The summed E-state index contributed by atoms with van der Waals surface area (Å²) in [7, 11) is 0. The maximum absolute atomic E-state index is 9.55. The zero-order valence-electron chi connectivity index (χ0n) is 13.4. The average Bonchev–Trinajstić information content (AvgIpc) is 3.11. The molecule has 0 amide bonds. The molecule has 0 saturated carbocycles. The predicted octanol–water partition coefficient (Wildman–Crippen LogP) is 2.11. The standard InChI is InChI=1S/C14H14N2O.C4H4O4/c1-2-12-5-7-14(8-6-12)17-9-3-4-13-10-15-11-16-13;5-3(6)1-2-4(7)8/h1,5-8,10-11H,3-4,9H2,(H,15,16);1-2H,(H,5,6)(H,7,8). The SMILES string of the molecule is C#Cc1ccc(OCCCc2c[nH]cn2)cc1.O=C(O)C=CC(=O)O. The van der Waals surface area contributed by atoms with Crippen LogP contribution in [0.3, 0.4) is 0 Å². The van der Waals surface area contributed by atoms with Gasteiger partial charge in [0.1, 0.15) is 5.75 Å². The van der Waals surface area contributed by atoms with E-state index in [1.54, 1.807) is 6.33 Å². The van der Waals surface area contributed by atoms with Crippen molar-refractivity contribution < 1.29 is 24.5 Å². The van der Waals surface area contributed by atoms with Crippen LogP contribution in [0.2, 0.25) is 0 Å². The molecule has 0 aliphatic heterocycles. The topological polar surface area (TPSA) is 113 Å². The lowest BCUT2D eigenvalue weighted by atomic mass is 10.2. The van der Waals surface area contributed by atoms with Crippen molar-refractivity contribution in [2.45, 2.75) is 12.8 Å². The number of imidazole rings is 1. The Morgan fingerprint density at radius 2 is 1.84 bits per heavy atom. The molecule has 0 spiro atoms. The largest absolute Gasteiger partial charge is 0.494 e. The van der Waals surface area contributed by atoms with E-state index < -0.39 is 11.9 Å². The van der Waals surface area contributed by atoms with Crippen LogP contribution >= 0.6 is 0 Å². The van der Waals surface area contributed by atoms with Crippen molar-refractivity contribution in [2.24, 2.45) is 0 Å². The quantitative estimate of drug-likeness (QED) is 0.403. The lowest BCUT2D eigenvalue weighted by molar-refractivity contribution is -0.134. The minimum Gasteiger partial charge on any atom is -0.494 e. The van der Waals surface area contributed by atoms with E-state index in [-0.39, 0.29) is 0 Å². The van der Waals surface area contributed by atoms with Gasteiger partial charge in [-0.1, -0.05) is 5.92 Å². The molecule has 1 aromatic heterocycles. The molecule has 0 saturated heterocycles. The molecule has 7 nitrogen and oxygen atoms in total. The van der Waals surface area contributed by atoms with Gasteiger partial charge in [0.05, 0.1) is 18.6 Å². The molecule has 0 aliphatic carbocycles. The molecule has 3 N–H and O–H groups in total. The highest BCUT2D eigenvalue weighted by Crippen LogP contribution is 2.12. The van der Waals surface area contributed by atoms with Gasteiger partial charge in [-0.25, -0.2) is 14.6 Å². The molecule has 0 radical (unpaired) electrons. The number of carboxylic acid groups (broad SMARTS) is 2. The number of carboxylic acids is 2.